The van der Waals surface area contributed by atoms with Gasteiger partial charge in [-0.25, -0.2) is 0 Å². The summed E-state index contributed by atoms with van der Waals surface area (Å²) in [4.78, 5) is 67.9. The van der Waals surface area contributed by atoms with Crippen molar-refractivity contribution < 1.29 is 47.7 Å². The molecule has 37 heavy (non-hydrogen) atoms. The van der Waals surface area contributed by atoms with Crippen molar-refractivity contribution in [1.82, 2.24) is 10.6 Å². The summed E-state index contributed by atoms with van der Waals surface area (Å²) in [6, 6.07) is 0. The fraction of sp³-hybridized carbons (Fsp3) is 0.760. The zero-order valence-electron chi connectivity index (χ0n) is 16.1. The molecule has 0 aromatic carbocycles. The van der Waals surface area contributed by atoms with Crippen LogP contribution < -0.4 is 10.6 Å². The van der Waals surface area contributed by atoms with Crippen molar-refractivity contribution in [2.24, 2.45) is 0 Å². The van der Waals surface area contributed by atoms with Crippen molar-refractivity contribution in [3.8, 4) is 0 Å². The van der Waals surface area contributed by atoms with Gasteiger partial charge in [0.15, 0.2) is 6.10 Å². The van der Waals surface area contributed by atoms with E-state index in [0.29, 0.717) is 0 Å². The third-order valence-corrected chi connectivity index (χ3v) is 3.05. The Hall–Kier alpha value is -3.02. The van der Waals surface area contributed by atoms with Crippen molar-refractivity contribution in [2.45, 2.75) is 113 Å². The maximum absolute atomic E-state index is 11.7. The van der Waals surface area contributed by atoms with E-state index in [1.54, 1.807) is 0 Å². The van der Waals surface area contributed by atoms with E-state index in [-0.39, 0.29) is 73.5 Å². The van der Waals surface area contributed by atoms with Gasteiger partial charge in [-0.2, -0.15) is 0 Å². The van der Waals surface area contributed by atoms with Crippen LogP contribution in [0.2, 0.25) is 0 Å². The summed E-state index contributed by atoms with van der Waals surface area (Å²) in [6.45, 7) is 3.01. The van der Waals surface area contributed by atoms with Gasteiger partial charge >= 0.3 is 17.9 Å². The molecular formula is C25H60N2O10. The minimum absolute atomic E-state index is 0. The third-order valence-electron chi connectivity index (χ3n) is 3.05. The highest BCUT2D eigenvalue weighted by molar-refractivity contribution is 5.94. The Bertz CT molecular complexity index is 610. The Labute approximate surface area is 227 Å². The number of ether oxygens (including phenoxy) is 4. The molecule has 0 heterocycles. The first-order valence-corrected chi connectivity index (χ1v) is 8.15. The highest BCUT2D eigenvalue weighted by atomic mass is 16.7. The fourth-order valence-corrected chi connectivity index (χ4v) is 1.49. The lowest BCUT2D eigenvalue weighted by atomic mass is 10.3. The quantitative estimate of drug-likeness (QED) is 0.204. The molecule has 0 aliphatic heterocycles. The second-order valence-corrected chi connectivity index (χ2v) is 5.47. The fourth-order valence-electron chi connectivity index (χ4n) is 1.49. The first kappa shape index (κ1) is 64.3. The van der Waals surface area contributed by atoms with Crippen LogP contribution in [-0.2, 0) is 47.7 Å². The lowest BCUT2D eigenvalue weighted by Gasteiger charge is -2.15. The Kier molecular flexibility index (Phi) is 61.0. The molecule has 0 rings (SSSR count). The number of Topliss-reactive ketones (excluding diaryl/α,β-unsaturated/α-hetero) is 1. The van der Waals surface area contributed by atoms with Gasteiger partial charge in [-0.1, -0.05) is 66.8 Å². The van der Waals surface area contributed by atoms with Crippen LogP contribution in [0, 0.1) is 0 Å². The first-order chi connectivity index (χ1) is 13.1. The zero-order valence-corrected chi connectivity index (χ0v) is 16.1. The van der Waals surface area contributed by atoms with E-state index in [0.717, 1.165) is 0 Å². The Morgan fingerprint density at radius 3 is 1.38 bits per heavy atom. The molecule has 0 fully saturated rings. The van der Waals surface area contributed by atoms with E-state index < -0.39 is 67.3 Å². The van der Waals surface area contributed by atoms with Crippen LogP contribution in [0.25, 0.3) is 0 Å². The summed E-state index contributed by atoms with van der Waals surface area (Å²) in [5.41, 5.74) is 0. The van der Waals surface area contributed by atoms with Gasteiger partial charge in [0.25, 0.3) is 5.91 Å². The number of carbonyl (C=O) groups is 6. The summed E-state index contributed by atoms with van der Waals surface area (Å²) in [7, 11) is 1.35. The molecule has 0 radical (unpaired) electrons. The maximum atomic E-state index is 11.7. The van der Waals surface area contributed by atoms with E-state index >= 15 is 0 Å². The molecule has 0 aromatic heterocycles. The second-order valence-electron chi connectivity index (χ2n) is 5.47. The van der Waals surface area contributed by atoms with Crippen molar-refractivity contribution in [3.63, 3.8) is 0 Å². The molecule has 2 atom stereocenters. The van der Waals surface area contributed by atoms with Gasteiger partial charge < -0.3 is 29.6 Å². The molecule has 0 bridgehead atoms. The molecular weight excluding hydrogens is 488 g/mol. The highest BCUT2D eigenvalue weighted by Crippen LogP contribution is 1.98. The van der Waals surface area contributed by atoms with Crippen LogP contribution in [0.5, 0.6) is 0 Å². The number of methoxy groups -OCH3 is 1. The number of hydrogen-bond donors (Lipinski definition) is 2. The number of ketones is 1. The number of esters is 3. The monoisotopic (exact) mass is 548 g/mol. The molecule has 0 aliphatic carbocycles. The summed E-state index contributed by atoms with van der Waals surface area (Å²) in [5, 5.41) is 4.68. The summed E-state index contributed by atoms with van der Waals surface area (Å²) < 4.78 is 18.5. The predicted molar refractivity (Wildman–Crippen MR) is 151 cm³/mol. The van der Waals surface area contributed by atoms with Gasteiger partial charge in [-0.3, -0.25) is 28.8 Å². The van der Waals surface area contributed by atoms with Gasteiger partial charge in [0, 0.05) is 7.11 Å². The van der Waals surface area contributed by atoms with E-state index in [9.17, 15) is 28.8 Å². The van der Waals surface area contributed by atoms with Crippen molar-refractivity contribution in [1.29, 1.82) is 0 Å². The molecule has 2 unspecified atom stereocenters. The number of nitrogens with one attached hydrogen (secondary N) is 2. The van der Waals surface area contributed by atoms with E-state index in [1.807, 2.05) is 0 Å². The van der Waals surface area contributed by atoms with Crippen molar-refractivity contribution in [3.05, 3.63) is 0 Å². The zero-order chi connectivity index (χ0) is 21.7. The van der Waals surface area contributed by atoms with Crippen LogP contribution in [0.1, 0.15) is 100 Å². The molecule has 12 heteroatoms. The molecule has 0 aliphatic rings. The number of hydrogen-bond acceptors (Lipinski definition) is 10. The molecule has 2 amide bonds. The summed E-state index contributed by atoms with van der Waals surface area (Å²) >= 11 is 0. The number of rotatable bonds is 12. The van der Waals surface area contributed by atoms with Crippen molar-refractivity contribution in [2.75, 3.05) is 20.6 Å². The minimum Gasteiger partial charge on any atom is -0.452 e. The highest BCUT2D eigenvalue weighted by Gasteiger charge is 2.21. The average molecular weight is 549 g/mol. The van der Waals surface area contributed by atoms with Gasteiger partial charge in [0.05, 0.1) is 6.67 Å². The lowest BCUT2D eigenvalue weighted by Crippen LogP contribution is -2.45. The summed E-state index contributed by atoms with van der Waals surface area (Å²) in [5.74, 6) is -4.53. The molecule has 0 spiro atoms. The van der Waals surface area contributed by atoms with Gasteiger partial charge in [0.2, 0.25) is 12.7 Å². The van der Waals surface area contributed by atoms with Gasteiger partial charge in [0.1, 0.15) is 24.7 Å². The SMILES string of the molecule is C.C.C.C.C.C.C.C.C.COC(C)C(=O)NCNC(=O)C(C)OC(=O)CC(=O)OCOC(=O)CC(C)=O. The third kappa shape index (κ3) is 33.0. The second kappa shape index (κ2) is 35.1. The molecule has 12 nitrogen and oxygen atoms in total. The van der Waals surface area contributed by atoms with E-state index in [2.05, 4.69) is 20.1 Å². The minimum atomic E-state index is -1.23. The maximum Gasteiger partial charge on any atom is 0.320 e. The number of amides is 2. The Balaban J connectivity index is -0.000000101. The lowest BCUT2D eigenvalue weighted by molar-refractivity contribution is -0.171. The van der Waals surface area contributed by atoms with Crippen LogP contribution in [0.15, 0.2) is 0 Å². The normalized spacial score (nSPS) is 9.19. The molecule has 230 valence electrons. The van der Waals surface area contributed by atoms with Gasteiger partial charge in [-0.05, 0) is 20.8 Å². The van der Waals surface area contributed by atoms with E-state index in [1.165, 1.54) is 27.9 Å². The Morgan fingerprint density at radius 1 is 0.622 bits per heavy atom. The van der Waals surface area contributed by atoms with Crippen molar-refractivity contribution >= 4 is 35.5 Å². The largest absolute Gasteiger partial charge is 0.452 e. The van der Waals surface area contributed by atoms with Crippen LogP contribution in [-0.4, -0.2) is 68.3 Å². The topological polar surface area (TPSA) is 163 Å². The molecule has 0 saturated carbocycles. The van der Waals surface area contributed by atoms with Crippen LogP contribution in [0.4, 0.5) is 0 Å². The average Bonchev–Trinajstić information content (AvgIpc) is 2.59. The smallest absolute Gasteiger partial charge is 0.320 e. The Morgan fingerprint density at radius 2 is 1.00 bits per heavy atom. The summed E-state index contributed by atoms with van der Waals surface area (Å²) in [6.07, 6.45) is -3.20. The van der Waals surface area contributed by atoms with Crippen LogP contribution in [0.3, 0.4) is 0 Å². The molecule has 2 N–H and O–H groups in total. The standard InChI is InChI=1S/C16H24N2O10.9CH4/c1-9(19)5-12(20)26-8-27-13(21)6-14(22)28-11(3)16(24)18-7-17-15(23)10(2)25-4;;;;;;;;;/h10-11H,5-8H2,1-4H3,(H,17,23)(H,18,24);9*1H4. The van der Waals surface area contributed by atoms with Crippen LogP contribution >= 0.6 is 0 Å². The van der Waals surface area contributed by atoms with E-state index in [4.69, 9.17) is 9.47 Å². The van der Waals surface area contributed by atoms with Gasteiger partial charge in [-0.15, -0.1) is 0 Å². The molecule has 0 aromatic rings. The molecule has 0 saturated heterocycles. The first-order valence-electron chi connectivity index (χ1n) is 8.15. The number of carbonyl (C=O) groups excluding carboxylic acids is 6. The predicted octanol–water partition coefficient (Wildman–Crippen LogP) is 4.28.